The van der Waals surface area contributed by atoms with Crippen molar-refractivity contribution in [2.45, 2.75) is 76.4 Å². The summed E-state index contributed by atoms with van der Waals surface area (Å²) in [5, 5.41) is 0. The molecule has 0 saturated heterocycles. The third-order valence-electron chi connectivity index (χ3n) is 6.53. The van der Waals surface area contributed by atoms with E-state index >= 15 is 0 Å². The average Bonchev–Trinajstić information content (AvgIpc) is 2.76. The summed E-state index contributed by atoms with van der Waals surface area (Å²) in [7, 11) is 0. The zero-order chi connectivity index (χ0) is 20.1. The minimum absolute atomic E-state index is 0.410. The van der Waals surface area contributed by atoms with Gasteiger partial charge in [0.25, 0.3) is 0 Å². The van der Waals surface area contributed by atoms with Crippen LogP contribution in [0.5, 0.6) is 0 Å². The second-order valence-electron chi connectivity index (χ2n) is 8.60. The third-order valence-corrected chi connectivity index (χ3v) is 6.53. The predicted molar refractivity (Wildman–Crippen MR) is 114 cm³/mol. The summed E-state index contributed by atoms with van der Waals surface area (Å²) in [5.41, 5.74) is 5.07. The Morgan fingerprint density at radius 2 is 0.931 bits per heavy atom. The maximum absolute atomic E-state index is 11.4. The molecule has 2 aliphatic rings. The molecule has 0 radical (unpaired) electrons. The van der Waals surface area contributed by atoms with Gasteiger partial charge in [-0.15, -0.1) is 0 Å². The van der Waals surface area contributed by atoms with Gasteiger partial charge < -0.3 is 4.74 Å². The van der Waals surface area contributed by atoms with Crippen LogP contribution in [0, 0.1) is 0 Å². The quantitative estimate of drug-likeness (QED) is 0.621. The number of benzene rings is 2. The van der Waals surface area contributed by atoms with Crippen LogP contribution in [0.15, 0.2) is 48.5 Å². The van der Waals surface area contributed by atoms with Crippen LogP contribution in [0.4, 0.5) is 0 Å². The van der Waals surface area contributed by atoms with Gasteiger partial charge >= 0.3 is 0 Å². The number of hydrogen-bond acceptors (Lipinski definition) is 3. The fourth-order valence-corrected chi connectivity index (χ4v) is 4.61. The molecular formula is C26H30O3. The molecular weight excluding hydrogens is 360 g/mol. The first-order valence-electron chi connectivity index (χ1n) is 11.0. The highest BCUT2D eigenvalue weighted by Gasteiger charge is 2.20. The van der Waals surface area contributed by atoms with Crippen molar-refractivity contribution in [1.82, 2.24) is 0 Å². The van der Waals surface area contributed by atoms with Crippen molar-refractivity contribution in [1.29, 1.82) is 0 Å². The Hall–Kier alpha value is -2.26. The molecule has 3 nitrogen and oxygen atoms in total. The molecule has 0 bridgehead atoms. The zero-order valence-corrected chi connectivity index (χ0v) is 17.1. The van der Waals surface area contributed by atoms with Gasteiger partial charge in [-0.3, -0.25) is 9.59 Å². The van der Waals surface area contributed by atoms with Gasteiger partial charge in [-0.2, -0.15) is 0 Å². The zero-order valence-electron chi connectivity index (χ0n) is 17.1. The van der Waals surface area contributed by atoms with Gasteiger partial charge in [0.1, 0.15) is 11.6 Å². The minimum Gasteiger partial charge on any atom is -0.372 e. The van der Waals surface area contributed by atoms with Gasteiger partial charge in [0, 0.05) is 25.7 Å². The van der Waals surface area contributed by atoms with Crippen molar-refractivity contribution in [3.05, 3.63) is 70.8 Å². The second kappa shape index (κ2) is 9.49. The first-order chi connectivity index (χ1) is 14.2. The SMILES string of the molecule is O=C1CCC(c2ccc(COCc3ccc(C4CCC(=O)CC4)cc3)cc2)CC1. The molecule has 0 amide bonds. The Kier molecular flexibility index (Phi) is 6.56. The molecule has 0 aliphatic heterocycles. The van der Waals surface area contributed by atoms with Crippen molar-refractivity contribution in [3.63, 3.8) is 0 Å². The fourth-order valence-electron chi connectivity index (χ4n) is 4.61. The predicted octanol–water partition coefficient (Wildman–Crippen LogP) is 5.86. The summed E-state index contributed by atoms with van der Waals surface area (Å²) in [6.07, 6.45) is 6.87. The Balaban J connectivity index is 1.23. The molecule has 2 fully saturated rings. The van der Waals surface area contributed by atoms with E-state index < -0.39 is 0 Å². The van der Waals surface area contributed by atoms with Gasteiger partial charge in [-0.25, -0.2) is 0 Å². The first-order valence-corrected chi connectivity index (χ1v) is 11.0. The van der Waals surface area contributed by atoms with E-state index in [0.29, 0.717) is 36.6 Å². The molecule has 0 heterocycles. The van der Waals surface area contributed by atoms with Gasteiger partial charge in [0.15, 0.2) is 0 Å². The van der Waals surface area contributed by atoms with E-state index in [4.69, 9.17) is 4.74 Å². The standard InChI is InChI=1S/C26H30O3/c27-25-13-9-23(10-14-25)21-5-1-19(2-6-21)17-29-18-20-3-7-22(8-4-20)24-11-15-26(28)16-12-24/h1-8,23-24H,9-18H2. The van der Waals surface area contributed by atoms with Crippen LogP contribution in [-0.2, 0) is 27.5 Å². The normalized spacial score (nSPS) is 18.9. The summed E-state index contributed by atoms with van der Waals surface area (Å²) in [6.45, 7) is 1.21. The summed E-state index contributed by atoms with van der Waals surface area (Å²) < 4.78 is 5.92. The van der Waals surface area contributed by atoms with Gasteiger partial charge in [-0.05, 0) is 59.8 Å². The fraction of sp³-hybridized carbons (Fsp3) is 0.462. The number of carbonyl (C=O) groups excluding carboxylic acids is 2. The number of Topliss-reactive ketones (excluding diaryl/α,β-unsaturated/α-hetero) is 2. The van der Waals surface area contributed by atoms with Crippen molar-refractivity contribution < 1.29 is 14.3 Å². The molecule has 0 unspecified atom stereocenters. The van der Waals surface area contributed by atoms with E-state index in [9.17, 15) is 9.59 Å². The van der Waals surface area contributed by atoms with E-state index in [1.807, 2.05) is 0 Å². The van der Waals surface area contributed by atoms with E-state index in [0.717, 1.165) is 51.4 Å². The summed E-state index contributed by atoms with van der Waals surface area (Å²) in [5.74, 6) is 1.88. The third kappa shape index (κ3) is 5.42. The molecule has 152 valence electrons. The number of carbonyl (C=O) groups is 2. The van der Waals surface area contributed by atoms with Gasteiger partial charge in [-0.1, -0.05) is 48.5 Å². The molecule has 2 saturated carbocycles. The van der Waals surface area contributed by atoms with Crippen LogP contribution < -0.4 is 0 Å². The maximum atomic E-state index is 11.4. The highest BCUT2D eigenvalue weighted by molar-refractivity contribution is 5.79. The topological polar surface area (TPSA) is 43.4 Å². The van der Waals surface area contributed by atoms with Crippen LogP contribution in [-0.4, -0.2) is 11.6 Å². The van der Waals surface area contributed by atoms with Crippen LogP contribution >= 0.6 is 0 Å². The molecule has 29 heavy (non-hydrogen) atoms. The van der Waals surface area contributed by atoms with Crippen molar-refractivity contribution in [2.75, 3.05) is 0 Å². The second-order valence-corrected chi connectivity index (χ2v) is 8.60. The Morgan fingerprint density at radius 3 is 1.28 bits per heavy atom. The molecule has 0 atom stereocenters. The molecule has 4 rings (SSSR count). The number of hydrogen-bond donors (Lipinski definition) is 0. The lowest BCUT2D eigenvalue weighted by atomic mass is 9.83. The van der Waals surface area contributed by atoms with Crippen molar-refractivity contribution in [2.24, 2.45) is 0 Å². The highest BCUT2D eigenvalue weighted by Crippen LogP contribution is 2.32. The first kappa shape index (κ1) is 20.0. The largest absolute Gasteiger partial charge is 0.372 e. The summed E-state index contributed by atoms with van der Waals surface area (Å²) in [6, 6.07) is 17.4. The molecule has 2 aromatic carbocycles. The van der Waals surface area contributed by atoms with Crippen molar-refractivity contribution >= 4 is 11.6 Å². The number of ketones is 2. The molecule has 0 spiro atoms. The molecule has 2 aliphatic carbocycles. The van der Waals surface area contributed by atoms with Crippen molar-refractivity contribution in [3.8, 4) is 0 Å². The van der Waals surface area contributed by atoms with Crippen LogP contribution in [0.3, 0.4) is 0 Å². The lowest BCUT2D eigenvalue weighted by molar-refractivity contribution is -0.121. The van der Waals surface area contributed by atoms with Crippen LogP contribution in [0.1, 0.15) is 85.5 Å². The Bertz CT molecular complexity index is 744. The van der Waals surface area contributed by atoms with Gasteiger partial charge in [0.05, 0.1) is 13.2 Å². The van der Waals surface area contributed by atoms with E-state index in [2.05, 4.69) is 48.5 Å². The minimum atomic E-state index is 0.410. The summed E-state index contributed by atoms with van der Waals surface area (Å²) >= 11 is 0. The van der Waals surface area contributed by atoms with Crippen LogP contribution in [0.2, 0.25) is 0 Å². The Labute approximate surface area is 173 Å². The van der Waals surface area contributed by atoms with E-state index in [1.165, 1.54) is 22.3 Å². The monoisotopic (exact) mass is 390 g/mol. The van der Waals surface area contributed by atoms with Gasteiger partial charge in [0.2, 0.25) is 0 Å². The highest BCUT2D eigenvalue weighted by atomic mass is 16.5. The summed E-state index contributed by atoms with van der Waals surface area (Å²) in [4.78, 5) is 22.8. The lowest BCUT2D eigenvalue weighted by Gasteiger charge is -2.21. The smallest absolute Gasteiger partial charge is 0.132 e. The molecule has 0 aromatic heterocycles. The average molecular weight is 391 g/mol. The number of rotatable bonds is 6. The lowest BCUT2D eigenvalue weighted by Crippen LogP contribution is -2.12. The van der Waals surface area contributed by atoms with E-state index in [1.54, 1.807) is 0 Å². The van der Waals surface area contributed by atoms with Crippen LogP contribution in [0.25, 0.3) is 0 Å². The molecule has 2 aromatic rings. The maximum Gasteiger partial charge on any atom is 0.132 e. The molecule has 3 heteroatoms. The Morgan fingerprint density at radius 1 is 0.586 bits per heavy atom. The number of ether oxygens (including phenoxy) is 1. The molecule has 0 N–H and O–H groups in total. The van der Waals surface area contributed by atoms with E-state index in [-0.39, 0.29) is 0 Å².